The second-order valence-corrected chi connectivity index (χ2v) is 15.2. The first kappa shape index (κ1) is 27.8. The molecule has 53 heavy (non-hydrogen) atoms. The molecule has 13 rings (SSSR count). The molecule has 244 valence electrons. The van der Waals surface area contributed by atoms with Crippen molar-refractivity contribution in [1.29, 1.82) is 0 Å². The van der Waals surface area contributed by atoms with Gasteiger partial charge in [0.1, 0.15) is 0 Å². The van der Waals surface area contributed by atoms with Crippen LogP contribution in [0.1, 0.15) is 0 Å². The minimum absolute atomic E-state index is 0.728. The molecule has 0 saturated carbocycles. The Balaban J connectivity index is 1.24. The highest BCUT2D eigenvalue weighted by Crippen LogP contribution is 2.48. The summed E-state index contributed by atoms with van der Waals surface area (Å²) in [5.74, 6) is 1.64. The molecule has 5 aromatic heterocycles. The maximum absolute atomic E-state index is 5.56. The first-order valence-corrected chi connectivity index (χ1v) is 18.8. The fraction of sp³-hybridized carbons (Fsp3) is 0. The van der Waals surface area contributed by atoms with Crippen LogP contribution in [0.4, 0.5) is 0 Å². The van der Waals surface area contributed by atoms with Crippen LogP contribution < -0.4 is 0 Å². The third-order valence-corrected chi connectivity index (χ3v) is 12.5. The van der Waals surface area contributed by atoms with Crippen LogP contribution in [-0.4, -0.2) is 18.9 Å². The number of nitrogens with zero attached hydrogens (tertiary/aromatic N) is 4. The fourth-order valence-corrected chi connectivity index (χ4v) is 10.2. The Morgan fingerprint density at radius 2 is 1.09 bits per heavy atom. The van der Waals surface area contributed by atoms with E-state index in [1.165, 1.54) is 75.1 Å². The van der Waals surface area contributed by atoms with Crippen molar-refractivity contribution in [1.82, 2.24) is 18.9 Å². The van der Waals surface area contributed by atoms with E-state index in [0.29, 0.717) is 0 Å². The zero-order chi connectivity index (χ0) is 34.4. The Kier molecular flexibility index (Phi) is 5.22. The van der Waals surface area contributed by atoms with Gasteiger partial charge in [-0.1, -0.05) is 115 Å². The Morgan fingerprint density at radius 3 is 1.92 bits per heavy atom. The van der Waals surface area contributed by atoms with E-state index < -0.39 is 0 Å². The van der Waals surface area contributed by atoms with E-state index in [0.717, 1.165) is 43.8 Å². The van der Waals surface area contributed by atoms with E-state index in [4.69, 9.17) is 9.97 Å². The maximum atomic E-state index is 5.56. The van der Waals surface area contributed by atoms with Gasteiger partial charge >= 0.3 is 0 Å². The largest absolute Gasteiger partial charge is 0.308 e. The van der Waals surface area contributed by atoms with Gasteiger partial charge in [-0.3, -0.25) is 4.57 Å². The van der Waals surface area contributed by atoms with Gasteiger partial charge < -0.3 is 4.40 Å². The molecule has 5 heteroatoms. The van der Waals surface area contributed by atoms with E-state index in [1.807, 2.05) is 0 Å². The number of hydrogen-bond acceptors (Lipinski definition) is 3. The highest BCUT2D eigenvalue weighted by molar-refractivity contribution is 7.26. The highest BCUT2D eigenvalue weighted by Gasteiger charge is 2.26. The van der Waals surface area contributed by atoms with E-state index in [-0.39, 0.29) is 0 Å². The second-order valence-electron chi connectivity index (χ2n) is 14.2. The van der Waals surface area contributed by atoms with Gasteiger partial charge in [-0.25, -0.2) is 9.97 Å². The van der Waals surface area contributed by atoms with Crippen molar-refractivity contribution < 1.29 is 0 Å². The minimum Gasteiger partial charge on any atom is -0.308 e. The molecule has 0 aliphatic rings. The quantitative estimate of drug-likeness (QED) is 0.181. The number of aromatic nitrogens is 4. The van der Waals surface area contributed by atoms with Gasteiger partial charge in [-0.15, -0.1) is 11.3 Å². The Morgan fingerprint density at radius 1 is 0.434 bits per heavy atom. The maximum Gasteiger partial charge on any atom is 0.162 e. The van der Waals surface area contributed by atoms with Crippen LogP contribution in [0.15, 0.2) is 158 Å². The molecule has 8 aromatic carbocycles. The standard InChI is InChI=1S/C48H26N4S/c1-2-12-28-23-31(22-21-27(28)11-1)47-49-44-34-17-7-10-20-41(34)53-46(44)48(50-47)52-38-19-9-5-15-32(38)42-40(52)26-36-35-24-29-13-3-4-14-30(29)25-39(35)51-37-18-8-6-16-33(37)43(42)45(36)51/h1-26H. The van der Waals surface area contributed by atoms with Crippen molar-refractivity contribution in [2.75, 3.05) is 0 Å². The predicted octanol–water partition coefficient (Wildman–Crippen LogP) is 13.1. The third kappa shape index (κ3) is 3.59. The molecule has 0 fully saturated rings. The summed E-state index contributed by atoms with van der Waals surface area (Å²) in [7, 11) is 0. The lowest BCUT2D eigenvalue weighted by molar-refractivity contribution is 1.08. The normalized spacial score (nSPS) is 12.5. The molecular formula is C48H26N4S. The Labute approximate surface area is 305 Å². The molecule has 0 aliphatic heterocycles. The van der Waals surface area contributed by atoms with Crippen molar-refractivity contribution >= 4 is 113 Å². The fourth-order valence-electron chi connectivity index (χ4n) is 9.11. The van der Waals surface area contributed by atoms with Gasteiger partial charge in [0.05, 0.1) is 37.8 Å². The monoisotopic (exact) mass is 690 g/mol. The number of fused-ring (bicyclic) bond motifs is 15. The molecule has 4 nitrogen and oxygen atoms in total. The van der Waals surface area contributed by atoms with Crippen LogP contribution in [0.2, 0.25) is 0 Å². The van der Waals surface area contributed by atoms with Gasteiger partial charge in [0.25, 0.3) is 0 Å². The number of rotatable bonds is 2. The van der Waals surface area contributed by atoms with Crippen molar-refractivity contribution in [3.8, 4) is 17.2 Å². The summed E-state index contributed by atoms with van der Waals surface area (Å²) in [5, 5.41) is 13.6. The second kappa shape index (κ2) is 9.94. The van der Waals surface area contributed by atoms with Gasteiger partial charge in [-0.2, -0.15) is 0 Å². The van der Waals surface area contributed by atoms with E-state index in [9.17, 15) is 0 Å². The average Bonchev–Trinajstić information content (AvgIpc) is 3.95. The number of thiophene rings is 1. The molecule has 0 saturated heterocycles. The van der Waals surface area contributed by atoms with Crippen LogP contribution in [0.3, 0.4) is 0 Å². The van der Waals surface area contributed by atoms with Crippen LogP contribution >= 0.6 is 11.3 Å². The van der Waals surface area contributed by atoms with E-state index in [1.54, 1.807) is 11.3 Å². The summed E-state index contributed by atoms with van der Waals surface area (Å²) in [6.07, 6.45) is 0. The summed E-state index contributed by atoms with van der Waals surface area (Å²) in [6, 6.07) is 57.3. The average molecular weight is 691 g/mol. The summed E-state index contributed by atoms with van der Waals surface area (Å²) >= 11 is 1.78. The van der Waals surface area contributed by atoms with Gasteiger partial charge in [-0.05, 0) is 64.0 Å². The van der Waals surface area contributed by atoms with E-state index in [2.05, 4.69) is 167 Å². The van der Waals surface area contributed by atoms with E-state index >= 15 is 0 Å². The molecule has 0 bridgehead atoms. The summed E-state index contributed by atoms with van der Waals surface area (Å²) < 4.78 is 7.22. The van der Waals surface area contributed by atoms with Crippen LogP contribution in [0, 0.1) is 0 Å². The summed E-state index contributed by atoms with van der Waals surface area (Å²) in [5.41, 5.74) is 8.03. The smallest absolute Gasteiger partial charge is 0.162 e. The number of para-hydroxylation sites is 2. The van der Waals surface area contributed by atoms with Crippen molar-refractivity contribution in [2.45, 2.75) is 0 Å². The molecule has 0 aliphatic carbocycles. The molecule has 0 atom stereocenters. The van der Waals surface area contributed by atoms with Crippen LogP contribution in [0.25, 0.3) is 119 Å². The Hall–Kier alpha value is -6.82. The minimum atomic E-state index is 0.728. The summed E-state index contributed by atoms with van der Waals surface area (Å²) in [4.78, 5) is 10.9. The lowest BCUT2D eigenvalue weighted by Gasteiger charge is -2.11. The van der Waals surface area contributed by atoms with Crippen LogP contribution in [-0.2, 0) is 0 Å². The summed E-state index contributed by atoms with van der Waals surface area (Å²) in [6.45, 7) is 0. The first-order valence-electron chi connectivity index (χ1n) is 18.0. The predicted molar refractivity (Wildman–Crippen MR) is 224 cm³/mol. The number of hydrogen-bond donors (Lipinski definition) is 0. The van der Waals surface area contributed by atoms with Crippen LogP contribution in [0.5, 0.6) is 0 Å². The third-order valence-electron chi connectivity index (χ3n) is 11.4. The Bertz CT molecular complexity index is 3700. The van der Waals surface area contributed by atoms with Gasteiger partial charge in [0.2, 0.25) is 0 Å². The molecule has 0 unspecified atom stereocenters. The van der Waals surface area contributed by atoms with Crippen molar-refractivity contribution in [2.24, 2.45) is 0 Å². The molecule has 0 spiro atoms. The highest BCUT2D eigenvalue weighted by atomic mass is 32.1. The lowest BCUT2D eigenvalue weighted by Crippen LogP contribution is -2.01. The SMILES string of the molecule is c1ccc2cc(-c3nc(-n4c5ccccc5c5c6c7ccccc7n7c8cc9ccccc9cc8c(cc54)c67)c4sc5ccccc5c4n3)ccc2c1. The molecule has 0 amide bonds. The van der Waals surface area contributed by atoms with Crippen molar-refractivity contribution in [3.63, 3.8) is 0 Å². The van der Waals surface area contributed by atoms with Gasteiger partial charge in [0.15, 0.2) is 11.6 Å². The lowest BCUT2D eigenvalue weighted by atomic mass is 10.0. The molecular weight excluding hydrogens is 665 g/mol. The molecule has 13 aromatic rings. The zero-order valence-corrected chi connectivity index (χ0v) is 29.0. The van der Waals surface area contributed by atoms with Crippen molar-refractivity contribution in [3.05, 3.63) is 158 Å². The molecule has 0 radical (unpaired) electrons. The first-order chi connectivity index (χ1) is 26.3. The molecule has 5 heterocycles. The molecule has 0 N–H and O–H groups in total. The zero-order valence-electron chi connectivity index (χ0n) is 28.2. The topological polar surface area (TPSA) is 35.1 Å². The number of benzene rings is 8. The van der Waals surface area contributed by atoms with Gasteiger partial charge in [0, 0.05) is 48.0 Å².